The molecule has 4 nitrogen and oxygen atoms in total. The zero-order chi connectivity index (χ0) is 14.0. The highest BCUT2D eigenvalue weighted by molar-refractivity contribution is 6.42. The van der Waals surface area contributed by atoms with Gasteiger partial charge in [-0.2, -0.15) is 5.10 Å². The monoisotopic (exact) mass is 297 g/mol. The predicted octanol–water partition coefficient (Wildman–Crippen LogP) is 3.22. The van der Waals surface area contributed by atoms with Gasteiger partial charge in [0.25, 0.3) is 5.91 Å². The molecule has 0 radical (unpaired) electrons. The van der Waals surface area contributed by atoms with Gasteiger partial charge in [0.05, 0.1) is 27.8 Å². The molecule has 1 atom stereocenters. The lowest BCUT2D eigenvalue weighted by Gasteiger charge is -2.14. The van der Waals surface area contributed by atoms with Crippen molar-refractivity contribution in [3.8, 4) is 0 Å². The highest BCUT2D eigenvalue weighted by Gasteiger charge is 2.13. The summed E-state index contributed by atoms with van der Waals surface area (Å²) in [5, 5.41) is 7.81. The fourth-order valence-electron chi connectivity index (χ4n) is 1.68. The van der Waals surface area contributed by atoms with Crippen molar-refractivity contribution in [1.82, 2.24) is 15.1 Å². The van der Waals surface area contributed by atoms with Gasteiger partial charge in [0.2, 0.25) is 0 Å². The zero-order valence-corrected chi connectivity index (χ0v) is 12.0. The van der Waals surface area contributed by atoms with Crippen LogP contribution in [0.3, 0.4) is 0 Å². The number of aryl methyl sites for hydroxylation is 1. The number of rotatable bonds is 3. The van der Waals surface area contributed by atoms with Gasteiger partial charge in [0, 0.05) is 13.2 Å². The predicted molar refractivity (Wildman–Crippen MR) is 75.6 cm³/mol. The second-order valence-corrected chi connectivity index (χ2v) is 5.09. The number of amides is 1. The van der Waals surface area contributed by atoms with E-state index in [1.54, 1.807) is 30.1 Å². The Morgan fingerprint density at radius 2 is 2.11 bits per heavy atom. The van der Waals surface area contributed by atoms with Crippen LogP contribution in [-0.4, -0.2) is 15.7 Å². The van der Waals surface area contributed by atoms with Crippen LogP contribution in [0.1, 0.15) is 28.9 Å². The lowest BCUT2D eigenvalue weighted by Crippen LogP contribution is -2.26. The minimum atomic E-state index is -0.174. The van der Waals surface area contributed by atoms with Crippen molar-refractivity contribution in [2.75, 3.05) is 0 Å². The SMILES string of the molecule is CC(NC(=O)c1cnn(C)c1)c1ccc(Cl)c(Cl)c1. The van der Waals surface area contributed by atoms with Crippen LogP contribution in [0.4, 0.5) is 0 Å². The lowest BCUT2D eigenvalue weighted by atomic mass is 10.1. The molecule has 0 bridgehead atoms. The molecule has 2 rings (SSSR count). The molecule has 1 aromatic carbocycles. The third-order valence-electron chi connectivity index (χ3n) is 2.76. The first-order valence-corrected chi connectivity index (χ1v) is 6.47. The van der Waals surface area contributed by atoms with E-state index in [4.69, 9.17) is 23.2 Å². The van der Waals surface area contributed by atoms with E-state index in [9.17, 15) is 4.79 Å². The van der Waals surface area contributed by atoms with Gasteiger partial charge < -0.3 is 5.32 Å². The summed E-state index contributed by atoms with van der Waals surface area (Å²) in [6, 6.07) is 5.13. The van der Waals surface area contributed by atoms with Gasteiger partial charge in [0.15, 0.2) is 0 Å². The van der Waals surface area contributed by atoms with Gasteiger partial charge in [-0.25, -0.2) is 0 Å². The van der Waals surface area contributed by atoms with E-state index in [-0.39, 0.29) is 11.9 Å². The summed E-state index contributed by atoms with van der Waals surface area (Å²) >= 11 is 11.8. The van der Waals surface area contributed by atoms with Crippen LogP contribution in [0.2, 0.25) is 10.0 Å². The summed E-state index contributed by atoms with van der Waals surface area (Å²) in [5.41, 5.74) is 1.42. The molecule has 2 aromatic rings. The quantitative estimate of drug-likeness (QED) is 0.945. The van der Waals surface area contributed by atoms with Gasteiger partial charge in [0.1, 0.15) is 0 Å². The maximum atomic E-state index is 12.0. The first kappa shape index (κ1) is 13.9. The molecule has 0 saturated carbocycles. The maximum absolute atomic E-state index is 12.0. The molecule has 0 saturated heterocycles. The Balaban J connectivity index is 2.10. The fraction of sp³-hybridized carbons (Fsp3) is 0.231. The van der Waals surface area contributed by atoms with E-state index in [1.807, 2.05) is 13.0 Å². The molecule has 0 spiro atoms. The average Bonchev–Trinajstić information content (AvgIpc) is 2.79. The Kier molecular flexibility index (Phi) is 4.12. The second-order valence-electron chi connectivity index (χ2n) is 4.27. The van der Waals surface area contributed by atoms with E-state index in [0.29, 0.717) is 15.6 Å². The fourth-order valence-corrected chi connectivity index (χ4v) is 1.99. The van der Waals surface area contributed by atoms with Crippen LogP contribution in [-0.2, 0) is 7.05 Å². The molecule has 1 unspecified atom stereocenters. The summed E-state index contributed by atoms with van der Waals surface area (Å²) in [7, 11) is 1.76. The topological polar surface area (TPSA) is 46.9 Å². The molecule has 1 aromatic heterocycles. The van der Waals surface area contributed by atoms with Crippen molar-refractivity contribution in [1.29, 1.82) is 0 Å². The molecule has 19 heavy (non-hydrogen) atoms. The summed E-state index contributed by atoms with van der Waals surface area (Å²) in [4.78, 5) is 12.0. The van der Waals surface area contributed by atoms with Crippen LogP contribution in [0, 0.1) is 0 Å². The van der Waals surface area contributed by atoms with Crippen LogP contribution in [0.25, 0.3) is 0 Å². The number of benzene rings is 1. The smallest absolute Gasteiger partial charge is 0.254 e. The summed E-state index contributed by atoms with van der Waals surface area (Å²) < 4.78 is 1.58. The molecule has 0 aliphatic rings. The maximum Gasteiger partial charge on any atom is 0.254 e. The van der Waals surface area contributed by atoms with Crippen molar-refractivity contribution >= 4 is 29.1 Å². The van der Waals surface area contributed by atoms with Crippen molar-refractivity contribution in [2.24, 2.45) is 7.05 Å². The molecular weight excluding hydrogens is 285 g/mol. The second kappa shape index (κ2) is 5.63. The molecule has 1 heterocycles. The number of hydrogen-bond donors (Lipinski definition) is 1. The van der Waals surface area contributed by atoms with E-state index >= 15 is 0 Å². The van der Waals surface area contributed by atoms with Crippen LogP contribution >= 0.6 is 23.2 Å². The van der Waals surface area contributed by atoms with E-state index < -0.39 is 0 Å². The highest BCUT2D eigenvalue weighted by atomic mass is 35.5. The number of carbonyl (C=O) groups is 1. The van der Waals surface area contributed by atoms with Crippen LogP contribution in [0.5, 0.6) is 0 Å². The Morgan fingerprint density at radius 3 is 2.68 bits per heavy atom. The molecule has 100 valence electrons. The Labute approximate surface area is 121 Å². The minimum Gasteiger partial charge on any atom is -0.345 e. The zero-order valence-electron chi connectivity index (χ0n) is 10.5. The third kappa shape index (κ3) is 3.28. The number of nitrogens with zero attached hydrogens (tertiary/aromatic N) is 2. The summed E-state index contributed by atoms with van der Waals surface area (Å²) in [6.45, 7) is 1.88. The van der Waals surface area contributed by atoms with Gasteiger partial charge in [-0.3, -0.25) is 9.48 Å². The highest BCUT2D eigenvalue weighted by Crippen LogP contribution is 2.25. The van der Waals surface area contributed by atoms with E-state index in [0.717, 1.165) is 5.56 Å². The van der Waals surface area contributed by atoms with E-state index in [2.05, 4.69) is 10.4 Å². The Bertz CT molecular complexity index is 610. The van der Waals surface area contributed by atoms with Gasteiger partial charge >= 0.3 is 0 Å². The van der Waals surface area contributed by atoms with Crippen LogP contribution < -0.4 is 5.32 Å². The molecule has 0 aliphatic heterocycles. The Hall–Kier alpha value is -1.52. The lowest BCUT2D eigenvalue weighted by molar-refractivity contribution is 0.0940. The summed E-state index contributed by atoms with van der Waals surface area (Å²) in [5.74, 6) is -0.174. The average molecular weight is 298 g/mol. The molecule has 6 heteroatoms. The standard InChI is InChI=1S/C13H13Cl2N3O/c1-8(9-3-4-11(14)12(15)5-9)17-13(19)10-6-16-18(2)7-10/h3-8H,1-2H3,(H,17,19). The molecule has 0 fully saturated rings. The van der Waals surface area contributed by atoms with Gasteiger partial charge in [-0.05, 0) is 24.6 Å². The van der Waals surface area contributed by atoms with Gasteiger partial charge in [-0.15, -0.1) is 0 Å². The third-order valence-corrected chi connectivity index (χ3v) is 3.50. The van der Waals surface area contributed by atoms with Crippen LogP contribution in [0.15, 0.2) is 30.6 Å². The number of halogens is 2. The van der Waals surface area contributed by atoms with E-state index in [1.165, 1.54) is 6.20 Å². The minimum absolute atomic E-state index is 0.164. The number of carbonyl (C=O) groups excluding carboxylic acids is 1. The normalized spacial score (nSPS) is 12.2. The molecule has 1 N–H and O–H groups in total. The number of hydrogen-bond acceptors (Lipinski definition) is 2. The van der Waals surface area contributed by atoms with Crippen molar-refractivity contribution in [3.63, 3.8) is 0 Å². The Morgan fingerprint density at radius 1 is 1.37 bits per heavy atom. The number of nitrogens with one attached hydrogen (secondary N) is 1. The van der Waals surface area contributed by atoms with Gasteiger partial charge in [-0.1, -0.05) is 29.3 Å². The first-order chi connectivity index (χ1) is 8.97. The number of aromatic nitrogens is 2. The molecular formula is C13H13Cl2N3O. The largest absolute Gasteiger partial charge is 0.345 e. The van der Waals surface area contributed by atoms with Crippen molar-refractivity contribution in [2.45, 2.75) is 13.0 Å². The first-order valence-electron chi connectivity index (χ1n) is 5.72. The molecule has 1 amide bonds. The van der Waals surface area contributed by atoms with Crippen molar-refractivity contribution < 1.29 is 4.79 Å². The van der Waals surface area contributed by atoms with Crippen molar-refractivity contribution in [3.05, 3.63) is 51.8 Å². The summed E-state index contributed by atoms with van der Waals surface area (Å²) in [6.07, 6.45) is 3.19. The molecule has 0 aliphatic carbocycles.